The van der Waals surface area contributed by atoms with E-state index in [9.17, 15) is 4.79 Å². The second-order valence-electron chi connectivity index (χ2n) is 4.65. The standard InChI is InChI=1S/C13H16O2Si/c1-6-10-9-11(16(3,4)5)7-8-12(10)13(14)15-2/h1,7-9H,2-5H3. The molecule has 1 aromatic rings. The molecule has 0 atom stereocenters. The number of rotatable bonds is 2. The molecule has 0 fully saturated rings. The van der Waals surface area contributed by atoms with Crippen molar-refractivity contribution < 1.29 is 9.53 Å². The first-order chi connectivity index (χ1) is 7.40. The number of hydrogen-bond donors (Lipinski definition) is 0. The van der Waals surface area contributed by atoms with E-state index in [0.29, 0.717) is 11.1 Å². The van der Waals surface area contributed by atoms with Crippen LogP contribution in [0.4, 0.5) is 0 Å². The van der Waals surface area contributed by atoms with Gasteiger partial charge < -0.3 is 4.74 Å². The summed E-state index contributed by atoms with van der Waals surface area (Å²) in [6, 6.07) is 5.66. The minimum Gasteiger partial charge on any atom is -0.465 e. The highest BCUT2D eigenvalue weighted by molar-refractivity contribution is 6.88. The molecule has 0 radical (unpaired) electrons. The highest BCUT2D eigenvalue weighted by Gasteiger charge is 2.19. The Morgan fingerprint density at radius 3 is 2.44 bits per heavy atom. The molecule has 84 valence electrons. The number of ether oxygens (including phenoxy) is 1. The predicted octanol–water partition coefficient (Wildman–Crippen LogP) is 2.00. The first-order valence-electron chi connectivity index (χ1n) is 5.09. The molecule has 0 amide bonds. The maximum Gasteiger partial charge on any atom is 0.339 e. The van der Waals surface area contributed by atoms with Gasteiger partial charge in [-0.25, -0.2) is 4.79 Å². The Kier molecular flexibility index (Phi) is 3.56. The molecule has 0 aromatic heterocycles. The summed E-state index contributed by atoms with van der Waals surface area (Å²) in [5.74, 6) is 2.17. The van der Waals surface area contributed by atoms with Gasteiger partial charge in [-0.15, -0.1) is 6.42 Å². The molecule has 3 heteroatoms. The van der Waals surface area contributed by atoms with Crippen LogP contribution in [0.25, 0.3) is 0 Å². The van der Waals surface area contributed by atoms with Gasteiger partial charge in [-0.3, -0.25) is 0 Å². The van der Waals surface area contributed by atoms with E-state index in [1.54, 1.807) is 6.07 Å². The Morgan fingerprint density at radius 1 is 1.38 bits per heavy atom. The summed E-state index contributed by atoms with van der Waals surface area (Å²) >= 11 is 0. The summed E-state index contributed by atoms with van der Waals surface area (Å²) in [7, 11) is -0.0403. The van der Waals surface area contributed by atoms with Crippen molar-refractivity contribution in [3.63, 3.8) is 0 Å². The molecule has 0 saturated carbocycles. The maximum absolute atomic E-state index is 11.4. The molecule has 0 saturated heterocycles. The first-order valence-corrected chi connectivity index (χ1v) is 8.59. The third-order valence-electron chi connectivity index (χ3n) is 2.45. The Bertz CT molecular complexity index is 450. The van der Waals surface area contributed by atoms with Crippen LogP contribution in [0.1, 0.15) is 15.9 Å². The molecule has 0 heterocycles. The number of hydrogen-bond acceptors (Lipinski definition) is 2. The number of benzene rings is 1. The van der Waals surface area contributed by atoms with Crippen molar-refractivity contribution in [3.8, 4) is 12.3 Å². The van der Waals surface area contributed by atoms with Gasteiger partial charge >= 0.3 is 5.97 Å². The number of terminal acetylenes is 1. The van der Waals surface area contributed by atoms with E-state index in [2.05, 4.69) is 30.3 Å². The largest absolute Gasteiger partial charge is 0.465 e. The zero-order chi connectivity index (χ0) is 12.3. The number of carbonyl (C=O) groups excluding carboxylic acids is 1. The van der Waals surface area contributed by atoms with Gasteiger partial charge in [-0.05, 0) is 12.1 Å². The van der Waals surface area contributed by atoms with Gasteiger partial charge in [0.1, 0.15) is 0 Å². The Balaban J connectivity index is 3.29. The molecule has 0 spiro atoms. The van der Waals surface area contributed by atoms with Gasteiger partial charge in [0.15, 0.2) is 0 Å². The van der Waals surface area contributed by atoms with Crippen LogP contribution in [0.5, 0.6) is 0 Å². The van der Waals surface area contributed by atoms with Crippen molar-refractivity contribution in [1.82, 2.24) is 0 Å². The molecule has 0 unspecified atom stereocenters. The fourth-order valence-electron chi connectivity index (χ4n) is 1.42. The van der Waals surface area contributed by atoms with Crippen molar-refractivity contribution >= 4 is 19.2 Å². The second kappa shape index (κ2) is 4.54. The van der Waals surface area contributed by atoms with E-state index in [4.69, 9.17) is 6.42 Å². The molecule has 0 aliphatic rings. The highest BCUT2D eigenvalue weighted by Crippen LogP contribution is 2.11. The Hall–Kier alpha value is -1.53. The first kappa shape index (κ1) is 12.5. The monoisotopic (exact) mass is 232 g/mol. The summed E-state index contributed by atoms with van der Waals surface area (Å²) in [6.07, 6.45) is 5.41. The molecule has 0 N–H and O–H groups in total. The molecule has 16 heavy (non-hydrogen) atoms. The van der Waals surface area contributed by atoms with Crippen molar-refractivity contribution in [2.24, 2.45) is 0 Å². The quantitative estimate of drug-likeness (QED) is 0.443. The van der Waals surface area contributed by atoms with Crippen LogP contribution in [0.2, 0.25) is 19.6 Å². The fraction of sp³-hybridized carbons (Fsp3) is 0.308. The van der Waals surface area contributed by atoms with E-state index < -0.39 is 8.07 Å². The SMILES string of the molecule is C#Cc1cc([Si](C)(C)C)ccc1C(=O)OC. The molecule has 1 rings (SSSR count). The van der Waals surface area contributed by atoms with E-state index in [1.807, 2.05) is 12.1 Å². The number of methoxy groups -OCH3 is 1. The van der Waals surface area contributed by atoms with Crippen molar-refractivity contribution in [2.75, 3.05) is 7.11 Å². The van der Waals surface area contributed by atoms with Crippen LogP contribution in [0.3, 0.4) is 0 Å². The molecule has 1 aromatic carbocycles. The third-order valence-corrected chi connectivity index (χ3v) is 4.49. The van der Waals surface area contributed by atoms with E-state index in [-0.39, 0.29) is 5.97 Å². The fourth-order valence-corrected chi connectivity index (χ4v) is 2.58. The third kappa shape index (κ3) is 2.53. The van der Waals surface area contributed by atoms with Gasteiger partial charge in [-0.1, -0.05) is 36.8 Å². The van der Waals surface area contributed by atoms with Crippen LogP contribution in [0, 0.1) is 12.3 Å². The summed E-state index contributed by atoms with van der Waals surface area (Å²) in [4.78, 5) is 11.4. The van der Waals surface area contributed by atoms with Crippen molar-refractivity contribution in [1.29, 1.82) is 0 Å². The van der Waals surface area contributed by atoms with Gasteiger partial charge in [0.25, 0.3) is 0 Å². The summed E-state index contributed by atoms with van der Waals surface area (Å²) < 4.78 is 4.68. The van der Waals surface area contributed by atoms with Crippen LogP contribution >= 0.6 is 0 Å². The smallest absolute Gasteiger partial charge is 0.339 e. The zero-order valence-corrected chi connectivity index (χ0v) is 11.1. The lowest BCUT2D eigenvalue weighted by Gasteiger charge is -2.17. The summed E-state index contributed by atoms with van der Waals surface area (Å²) in [5, 5.41) is 1.24. The minimum atomic E-state index is -1.40. The Labute approximate surface area is 97.6 Å². The number of carbonyl (C=O) groups is 1. The van der Waals surface area contributed by atoms with Gasteiger partial charge in [-0.2, -0.15) is 0 Å². The zero-order valence-electron chi connectivity index (χ0n) is 10.1. The van der Waals surface area contributed by atoms with Crippen LogP contribution in [0.15, 0.2) is 18.2 Å². The predicted molar refractivity (Wildman–Crippen MR) is 68.7 cm³/mol. The Morgan fingerprint density at radius 2 is 2.00 bits per heavy atom. The molecular weight excluding hydrogens is 216 g/mol. The van der Waals surface area contributed by atoms with Crippen molar-refractivity contribution in [3.05, 3.63) is 29.3 Å². The van der Waals surface area contributed by atoms with Crippen molar-refractivity contribution in [2.45, 2.75) is 19.6 Å². The van der Waals surface area contributed by atoms with Crippen LogP contribution in [-0.2, 0) is 4.74 Å². The maximum atomic E-state index is 11.4. The topological polar surface area (TPSA) is 26.3 Å². The van der Waals surface area contributed by atoms with Gasteiger partial charge in [0.05, 0.1) is 20.7 Å². The molecule has 0 bridgehead atoms. The van der Waals surface area contributed by atoms with E-state index in [1.165, 1.54) is 12.3 Å². The van der Waals surface area contributed by atoms with Crippen LogP contribution in [-0.4, -0.2) is 21.2 Å². The van der Waals surface area contributed by atoms with Crippen LogP contribution < -0.4 is 5.19 Å². The lowest BCUT2D eigenvalue weighted by molar-refractivity contribution is 0.0600. The summed E-state index contributed by atoms with van der Waals surface area (Å²) in [6.45, 7) is 6.71. The lowest BCUT2D eigenvalue weighted by atomic mass is 10.1. The molecular formula is C13H16O2Si. The van der Waals surface area contributed by atoms with E-state index >= 15 is 0 Å². The lowest BCUT2D eigenvalue weighted by Crippen LogP contribution is -2.37. The molecule has 2 nitrogen and oxygen atoms in total. The average Bonchev–Trinajstić information content (AvgIpc) is 2.26. The molecule has 0 aliphatic heterocycles. The second-order valence-corrected chi connectivity index (χ2v) is 9.72. The van der Waals surface area contributed by atoms with E-state index in [0.717, 1.165) is 0 Å². The normalized spacial score (nSPS) is 10.7. The minimum absolute atomic E-state index is 0.380. The average molecular weight is 232 g/mol. The highest BCUT2D eigenvalue weighted by atomic mass is 28.3. The number of esters is 1. The summed E-state index contributed by atoms with van der Waals surface area (Å²) in [5.41, 5.74) is 1.08. The van der Waals surface area contributed by atoms with Gasteiger partial charge in [0, 0.05) is 5.56 Å². The molecule has 0 aliphatic carbocycles. The van der Waals surface area contributed by atoms with Gasteiger partial charge in [0.2, 0.25) is 0 Å².